The van der Waals surface area contributed by atoms with Gasteiger partial charge in [0, 0.05) is 31.5 Å². The molecule has 2 aromatic rings. The van der Waals surface area contributed by atoms with E-state index in [9.17, 15) is 0 Å². The summed E-state index contributed by atoms with van der Waals surface area (Å²) in [6, 6.07) is 8.91. The van der Waals surface area contributed by atoms with E-state index in [1.807, 2.05) is 11.7 Å². The van der Waals surface area contributed by atoms with E-state index in [2.05, 4.69) is 36.5 Å². The molecule has 4 heteroatoms. The van der Waals surface area contributed by atoms with Gasteiger partial charge in [-0.15, -0.1) is 0 Å². The van der Waals surface area contributed by atoms with Gasteiger partial charge >= 0.3 is 0 Å². The largest absolute Gasteiger partial charge is 0.378 e. The van der Waals surface area contributed by atoms with Crippen LogP contribution in [0.5, 0.6) is 0 Å². The van der Waals surface area contributed by atoms with Crippen LogP contribution in [0.3, 0.4) is 0 Å². The molecule has 21 heavy (non-hydrogen) atoms. The summed E-state index contributed by atoms with van der Waals surface area (Å²) in [6.07, 6.45) is 4.87. The Kier molecular flexibility index (Phi) is 4.56. The molecule has 1 aliphatic rings. The second kappa shape index (κ2) is 6.58. The minimum absolute atomic E-state index is 0.420. The summed E-state index contributed by atoms with van der Waals surface area (Å²) in [7, 11) is 2.02. The number of nitrogens with zero attached hydrogens (tertiary/aromatic N) is 2. The van der Waals surface area contributed by atoms with Crippen molar-refractivity contribution in [2.75, 3.05) is 13.2 Å². The van der Waals surface area contributed by atoms with Gasteiger partial charge in [-0.3, -0.25) is 4.68 Å². The highest BCUT2D eigenvalue weighted by atomic mass is 16.5. The summed E-state index contributed by atoms with van der Waals surface area (Å²) in [4.78, 5) is 0. The number of likely N-dealkylation sites (N-methyl/N-ethyl adjacent to an activating group) is 1. The molecule has 2 unspecified atom stereocenters. The van der Waals surface area contributed by atoms with Crippen LogP contribution >= 0.6 is 0 Å². The molecule has 0 saturated carbocycles. The maximum Gasteiger partial charge on any atom is 0.0718 e. The summed E-state index contributed by atoms with van der Waals surface area (Å²) < 4.78 is 7.78. The van der Waals surface area contributed by atoms with E-state index in [4.69, 9.17) is 9.84 Å². The third-order valence-corrected chi connectivity index (χ3v) is 4.34. The Balaban J connectivity index is 1.77. The predicted octanol–water partition coefficient (Wildman–Crippen LogP) is 2.66. The number of para-hydroxylation sites is 1. The van der Waals surface area contributed by atoms with Crippen molar-refractivity contribution in [3.63, 3.8) is 0 Å². The monoisotopic (exact) mass is 287 g/mol. The van der Waals surface area contributed by atoms with Gasteiger partial charge < -0.3 is 10.1 Å². The zero-order valence-electron chi connectivity index (χ0n) is 13.0. The van der Waals surface area contributed by atoms with Crippen molar-refractivity contribution >= 4 is 10.9 Å². The molecule has 1 aromatic heterocycles. The van der Waals surface area contributed by atoms with Gasteiger partial charge in [0.05, 0.1) is 17.3 Å². The summed E-state index contributed by atoms with van der Waals surface area (Å²) >= 11 is 0. The highest BCUT2D eigenvalue weighted by molar-refractivity contribution is 5.81. The first kappa shape index (κ1) is 14.5. The number of rotatable bonds is 6. The van der Waals surface area contributed by atoms with Gasteiger partial charge in [-0.1, -0.05) is 25.1 Å². The maximum absolute atomic E-state index is 5.79. The van der Waals surface area contributed by atoms with Gasteiger partial charge in [-0.05, 0) is 31.9 Å². The number of benzene rings is 1. The second-order valence-electron chi connectivity index (χ2n) is 5.92. The minimum Gasteiger partial charge on any atom is -0.378 e. The zero-order chi connectivity index (χ0) is 14.7. The van der Waals surface area contributed by atoms with Crippen LogP contribution in [0.15, 0.2) is 24.3 Å². The quantitative estimate of drug-likeness (QED) is 0.888. The van der Waals surface area contributed by atoms with Crippen molar-refractivity contribution < 1.29 is 4.74 Å². The summed E-state index contributed by atoms with van der Waals surface area (Å²) in [5.41, 5.74) is 2.40. The average Bonchev–Trinajstić information content (AvgIpc) is 3.09. The van der Waals surface area contributed by atoms with Crippen molar-refractivity contribution in [2.45, 2.75) is 44.8 Å². The molecule has 2 atom stereocenters. The van der Waals surface area contributed by atoms with Crippen LogP contribution in [0.25, 0.3) is 10.9 Å². The van der Waals surface area contributed by atoms with Gasteiger partial charge in [0.2, 0.25) is 0 Å². The molecular formula is C17H25N3O. The molecule has 0 spiro atoms. The van der Waals surface area contributed by atoms with E-state index in [1.54, 1.807) is 0 Å². The van der Waals surface area contributed by atoms with Crippen LogP contribution in [0.1, 0.15) is 31.9 Å². The second-order valence-corrected chi connectivity index (χ2v) is 5.92. The molecule has 4 nitrogen and oxygen atoms in total. The first-order chi connectivity index (χ1) is 10.3. The number of hydrogen-bond acceptors (Lipinski definition) is 3. The Labute approximate surface area is 126 Å². The van der Waals surface area contributed by atoms with Crippen LogP contribution in [0, 0.1) is 0 Å². The van der Waals surface area contributed by atoms with E-state index in [0.29, 0.717) is 12.1 Å². The Bertz CT molecular complexity index is 587. The Morgan fingerprint density at radius 1 is 1.43 bits per heavy atom. The summed E-state index contributed by atoms with van der Waals surface area (Å²) in [5.74, 6) is 0. The lowest BCUT2D eigenvalue weighted by Gasteiger charge is -2.20. The first-order valence-corrected chi connectivity index (χ1v) is 8.03. The first-order valence-electron chi connectivity index (χ1n) is 8.03. The molecule has 0 amide bonds. The molecule has 0 radical (unpaired) electrons. The number of fused-ring (bicyclic) bond motifs is 1. The van der Waals surface area contributed by atoms with Crippen molar-refractivity contribution in [1.29, 1.82) is 0 Å². The van der Waals surface area contributed by atoms with Crippen LogP contribution in [-0.2, 0) is 18.2 Å². The van der Waals surface area contributed by atoms with Crippen LogP contribution in [0.4, 0.5) is 0 Å². The SMILES string of the molecule is CCNC(Cc1nn(C)c2ccccc12)CC1CCCO1. The Hall–Kier alpha value is -1.39. The number of aryl methyl sites for hydroxylation is 1. The van der Waals surface area contributed by atoms with Gasteiger partial charge in [-0.25, -0.2) is 0 Å². The number of aromatic nitrogens is 2. The molecule has 0 bridgehead atoms. The third kappa shape index (κ3) is 3.27. The summed E-state index contributed by atoms with van der Waals surface area (Å²) in [6.45, 7) is 4.08. The molecule has 2 heterocycles. The Morgan fingerprint density at radius 2 is 2.29 bits per heavy atom. The molecule has 1 aromatic carbocycles. The van der Waals surface area contributed by atoms with E-state index < -0.39 is 0 Å². The molecule has 1 aliphatic heterocycles. The highest BCUT2D eigenvalue weighted by Gasteiger charge is 2.22. The van der Waals surface area contributed by atoms with E-state index in [1.165, 1.54) is 29.4 Å². The standard InChI is InChI=1S/C17H25N3O/c1-3-18-13(11-14-7-6-10-21-14)12-16-15-8-4-5-9-17(15)20(2)19-16/h4-5,8-9,13-14,18H,3,6-7,10-12H2,1-2H3. The highest BCUT2D eigenvalue weighted by Crippen LogP contribution is 2.22. The van der Waals surface area contributed by atoms with Gasteiger partial charge in [0.1, 0.15) is 0 Å². The molecule has 3 rings (SSSR count). The fourth-order valence-electron chi connectivity index (χ4n) is 3.35. The smallest absolute Gasteiger partial charge is 0.0718 e. The fraction of sp³-hybridized carbons (Fsp3) is 0.588. The van der Waals surface area contributed by atoms with E-state index >= 15 is 0 Å². The van der Waals surface area contributed by atoms with Crippen LogP contribution in [0.2, 0.25) is 0 Å². The minimum atomic E-state index is 0.420. The number of nitrogens with one attached hydrogen (secondary N) is 1. The maximum atomic E-state index is 5.79. The lowest BCUT2D eigenvalue weighted by molar-refractivity contribution is 0.0947. The van der Waals surface area contributed by atoms with Crippen molar-refractivity contribution in [2.24, 2.45) is 7.05 Å². The molecule has 0 aliphatic carbocycles. The molecule has 1 saturated heterocycles. The van der Waals surface area contributed by atoms with E-state index in [0.717, 1.165) is 26.0 Å². The summed E-state index contributed by atoms with van der Waals surface area (Å²) in [5, 5.41) is 9.60. The van der Waals surface area contributed by atoms with Crippen molar-refractivity contribution in [1.82, 2.24) is 15.1 Å². The van der Waals surface area contributed by atoms with Gasteiger partial charge in [0.15, 0.2) is 0 Å². The Morgan fingerprint density at radius 3 is 3.05 bits per heavy atom. The third-order valence-electron chi connectivity index (χ3n) is 4.34. The predicted molar refractivity (Wildman–Crippen MR) is 85.5 cm³/mol. The van der Waals surface area contributed by atoms with Crippen LogP contribution < -0.4 is 5.32 Å². The zero-order valence-corrected chi connectivity index (χ0v) is 13.0. The van der Waals surface area contributed by atoms with Crippen molar-refractivity contribution in [3.05, 3.63) is 30.0 Å². The molecule has 114 valence electrons. The molecular weight excluding hydrogens is 262 g/mol. The van der Waals surface area contributed by atoms with E-state index in [-0.39, 0.29) is 0 Å². The fourth-order valence-corrected chi connectivity index (χ4v) is 3.35. The topological polar surface area (TPSA) is 39.1 Å². The van der Waals surface area contributed by atoms with Crippen LogP contribution in [-0.4, -0.2) is 35.1 Å². The average molecular weight is 287 g/mol. The van der Waals surface area contributed by atoms with Gasteiger partial charge in [0.25, 0.3) is 0 Å². The number of hydrogen-bond donors (Lipinski definition) is 1. The van der Waals surface area contributed by atoms with Gasteiger partial charge in [-0.2, -0.15) is 5.10 Å². The molecule has 1 fully saturated rings. The lowest BCUT2D eigenvalue weighted by atomic mass is 10.0. The number of ether oxygens (including phenoxy) is 1. The lowest BCUT2D eigenvalue weighted by Crippen LogP contribution is -2.34. The molecule has 1 N–H and O–H groups in total. The van der Waals surface area contributed by atoms with Crippen molar-refractivity contribution in [3.8, 4) is 0 Å². The normalized spacial score (nSPS) is 20.2.